The lowest BCUT2D eigenvalue weighted by atomic mass is 10.2. The Morgan fingerprint density at radius 3 is 2.27 bits per heavy atom. The Labute approximate surface area is 151 Å². The molecule has 0 unspecified atom stereocenters. The minimum Gasteiger partial charge on any atom is -0.495 e. The van der Waals surface area contributed by atoms with Crippen molar-refractivity contribution in [2.45, 2.75) is 4.90 Å². The van der Waals surface area contributed by atoms with Gasteiger partial charge in [0.1, 0.15) is 10.6 Å². The molecule has 2 aromatic rings. The number of rotatable bonds is 5. The number of para-hydroxylation sites is 1. The second-order valence-electron chi connectivity index (χ2n) is 5.82. The molecule has 0 aromatic heterocycles. The SMILES string of the molecule is COc1ccc([N+](=O)[O-])cc1S(=O)(=O)N1CCN(c2ccccc2)CC1. The van der Waals surface area contributed by atoms with Gasteiger partial charge in [0.05, 0.1) is 12.0 Å². The second-order valence-corrected chi connectivity index (χ2v) is 7.73. The summed E-state index contributed by atoms with van der Waals surface area (Å²) in [4.78, 5) is 12.3. The number of nitro groups is 1. The van der Waals surface area contributed by atoms with Crippen molar-refractivity contribution >= 4 is 21.4 Å². The number of benzene rings is 2. The number of methoxy groups -OCH3 is 1. The van der Waals surface area contributed by atoms with Crippen LogP contribution < -0.4 is 9.64 Å². The number of nitro benzene ring substituents is 1. The van der Waals surface area contributed by atoms with E-state index in [0.29, 0.717) is 26.2 Å². The van der Waals surface area contributed by atoms with Gasteiger partial charge < -0.3 is 9.64 Å². The highest BCUT2D eigenvalue weighted by atomic mass is 32.2. The molecule has 0 bridgehead atoms. The van der Waals surface area contributed by atoms with Crippen LogP contribution in [0.15, 0.2) is 53.4 Å². The van der Waals surface area contributed by atoms with Crippen molar-refractivity contribution in [2.24, 2.45) is 0 Å². The topological polar surface area (TPSA) is 93.0 Å². The molecule has 1 heterocycles. The van der Waals surface area contributed by atoms with Crippen LogP contribution >= 0.6 is 0 Å². The maximum atomic E-state index is 13.0. The van der Waals surface area contributed by atoms with Crippen LogP contribution in [-0.2, 0) is 10.0 Å². The molecule has 0 atom stereocenters. The summed E-state index contributed by atoms with van der Waals surface area (Å²) in [6.07, 6.45) is 0. The minimum atomic E-state index is -3.89. The molecular weight excluding hydrogens is 358 g/mol. The van der Waals surface area contributed by atoms with Crippen LogP contribution in [0.25, 0.3) is 0 Å². The van der Waals surface area contributed by atoms with E-state index in [0.717, 1.165) is 11.8 Å². The van der Waals surface area contributed by atoms with Gasteiger partial charge >= 0.3 is 0 Å². The van der Waals surface area contributed by atoms with E-state index in [1.165, 1.54) is 23.5 Å². The van der Waals surface area contributed by atoms with Crippen LogP contribution in [0.4, 0.5) is 11.4 Å². The largest absolute Gasteiger partial charge is 0.495 e. The fraction of sp³-hybridized carbons (Fsp3) is 0.294. The van der Waals surface area contributed by atoms with Crippen molar-refractivity contribution in [1.29, 1.82) is 0 Å². The summed E-state index contributed by atoms with van der Waals surface area (Å²) >= 11 is 0. The normalized spacial score (nSPS) is 15.7. The molecular formula is C17H19N3O5S. The van der Waals surface area contributed by atoms with Crippen molar-refractivity contribution in [1.82, 2.24) is 4.31 Å². The molecule has 1 fully saturated rings. The number of non-ortho nitro benzene ring substituents is 1. The van der Waals surface area contributed by atoms with Gasteiger partial charge in [0.2, 0.25) is 10.0 Å². The van der Waals surface area contributed by atoms with E-state index in [1.54, 1.807) is 0 Å². The van der Waals surface area contributed by atoms with Crippen LogP contribution in [-0.4, -0.2) is 50.9 Å². The highest BCUT2D eigenvalue weighted by Crippen LogP contribution is 2.31. The maximum Gasteiger partial charge on any atom is 0.271 e. The van der Waals surface area contributed by atoms with Gasteiger partial charge in [0.25, 0.3) is 5.69 Å². The molecule has 138 valence electrons. The van der Waals surface area contributed by atoms with Crippen molar-refractivity contribution in [3.8, 4) is 5.75 Å². The zero-order valence-electron chi connectivity index (χ0n) is 14.2. The van der Waals surface area contributed by atoms with Gasteiger partial charge in [-0.05, 0) is 18.2 Å². The Bertz CT molecular complexity index is 894. The molecule has 0 saturated carbocycles. The third-order valence-corrected chi connectivity index (χ3v) is 6.26. The number of piperazine rings is 1. The number of hydrogen-bond acceptors (Lipinski definition) is 6. The molecule has 26 heavy (non-hydrogen) atoms. The standard InChI is InChI=1S/C17H19N3O5S/c1-25-16-8-7-15(20(21)22)13-17(16)26(23,24)19-11-9-18(10-12-19)14-5-3-2-4-6-14/h2-8,13H,9-12H2,1H3. The Hall–Kier alpha value is -2.65. The van der Waals surface area contributed by atoms with Crippen LogP contribution in [0.2, 0.25) is 0 Å². The third kappa shape index (κ3) is 3.49. The van der Waals surface area contributed by atoms with E-state index < -0.39 is 14.9 Å². The summed E-state index contributed by atoms with van der Waals surface area (Å²) in [7, 11) is -2.55. The molecule has 1 aliphatic heterocycles. The summed E-state index contributed by atoms with van der Waals surface area (Å²) in [6, 6.07) is 13.4. The Morgan fingerprint density at radius 1 is 1.04 bits per heavy atom. The van der Waals surface area contributed by atoms with Gasteiger partial charge in [0.15, 0.2) is 0 Å². The first-order chi connectivity index (χ1) is 12.4. The molecule has 9 heteroatoms. The summed E-state index contributed by atoms with van der Waals surface area (Å²) in [5.41, 5.74) is 0.754. The van der Waals surface area contributed by atoms with E-state index in [4.69, 9.17) is 4.74 Å². The summed E-state index contributed by atoms with van der Waals surface area (Å²) < 4.78 is 32.4. The molecule has 0 N–H and O–H groups in total. The van der Waals surface area contributed by atoms with E-state index >= 15 is 0 Å². The van der Waals surface area contributed by atoms with E-state index in [1.807, 2.05) is 30.3 Å². The molecule has 1 saturated heterocycles. The lowest BCUT2D eigenvalue weighted by Gasteiger charge is -2.35. The fourth-order valence-electron chi connectivity index (χ4n) is 2.95. The van der Waals surface area contributed by atoms with E-state index in [2.05, 4.69) is 4.90 Å². The molecule has 2 aromatic carbocycles. The van der Waals surface area contributed by atoms with Crippen molar-refractivity contribution in [3.63, 3.8) is 0 Å². The lowest BCUT2D eigenvalue weighted by molar-refractivity contribution is -0.385. The van der Waals surface area contributed by atoms with Gasteiger partial charge in [-0.15, -0.1) is 0 Å². The summed E-state index contributed by atoms with van der Waals surface area (Å²) in [6.45, 7) is 1.67. The van der Waals surface area contributed by atoms with Gasteiger partial charge in [-0.2, -0.15) is 4.31 Å². The number of ether oxygens (including phenoxy) is 1. The number of sulfonamides is 1. The average molecular weight is 377 g/mol. The average Bonchev–Trinajstić information content (AvgIpc) is 2.68. The first-order valence-electron chi connectivity index (χ1n) is 8.06. The summed E-state index contributed by atoms with van der Waals surface area (Å²) in [5, 5.41) is 11.0. The monoisotopic (exact) mass is 377 g/mol. The smallest absolute Gasteiger partial charge is 0.271 e. The van der Waals surface area contributed by atoms with Crippen molar-refractivity contribution in [2.75, 3.05) is 38.2 Å². The van der Waals surface area contributed by atoms with Crippen molar-refractivity contribution in [3.05, 3.63) is 58.6 Å². The predicted molar refractivity (Wildman–Crippen MR) is 97.1 cm³/mol. The zero-order valence-corrected chi connectivity index (χ0v) is 15.1. The molecule has 1 aliphatic rings. The van der Waals surface area contributed by atoms with Crippen molar-refractivity contribution < 1.29 is 18.1 Å². The Kier molecular flexibility index (Phi) is 5.10. The highest BCUT2D eigenvalue weighted by Gasteiger charge is 2.32. The van der Waals surface area contributed by atoms with E-state index in [9.17, 15) is 18.5 Å². The van der Waals surface area contributed by atoms with Crippen LogP contribution in [0.3, 0.4) is 0 Å². The molecule has 0 radical (unpaired) electrons. The van der Waals surface area contributed by atoms with Crippen LogP contribution in [0.1, 0.15) is 0 Å². The number of nitrogens with zero attached hydrogens (tertiary/aromatic N) is 3. The quantitative estimate of drug-likeness (QED) is 0.585. The van der Waals surface area contributed by atoms with Crippen LogP contribution in [0, 0.1) is 10.1 Å². The Morgan fingerprint density at radius 2 is 1.69 bits per heavy atom. The minimum absolute atomic E-state index is 0.0982. The van der Waals surface area contributed by atoms with E-state index in [-0.39, 0.29) is 16.3 Å². The van der Waals surface area contributed by atoms with Gasteiger partial charge in [-0.1, -0.05) is 18.2 Å². The Balaban J connectivity index is 1.83. The van der Waals surface area contributed by atoms with Gasteiger partial charge in [-0.25, -0.2) is 8.42 Å². The lowest BCUT2D eigenvalue weighted by Crippen LogP contribution is -2.48. The molecule has 3 rings (SSSR count). The first-order valence-corrected chi connectivity index (χ1v) is 9.50. The third-order valence-electron chi connectivity index (χ3n) is 4.34. The van der Waals surface area contributed by atoms with Crippen LogP contribution in [0.5, 0.6) is 5.75 Å². The molecule has 0 spiro atoms. The second kappa shape index (κ2) is 7.30. The predicted octanol–water partition coefficient (Wildman–Crippen LogP) is 2.11. The first kappa shape index (κ1) is 18.2. The number of hydrogen-bond donors (Lipinski definition) is 0. The molecule has 8 nitrogen and oxygen atoms in total. The highest BCUT2D eigenvalue weighted by molar-refractivity contribution is 7.89. The van der Waals surface area contributed by atoms with Gasteiger partial charge in [-0.3, -0.25) is 10.1 Å². The maximum absolute atomic E-state index is 13.0. The molecule has 0 amide bonds. The van der Waals surface area contributed by atoms with Gasteiger partial charge in [0, 0.05) is 44.0 Å². The zero-order chi connectivity index (χ0) is 18.7. The fourth-order valence-corrected chi connectivity index (χ4v) is 4.54. The number of anilines is 1. The summed E-state index contributed by atoms with van der Waals surface area (Å²) in [5.74, 6) is 0.0982. The molecule has 0 aliphatic carbocycles.